The van der Waals surface area contributed by atoms with Crippen molar-refractivity contribution in [2.75, 3.05) is 18.4 Å². The minimum absolute atomic E-state index is 0.0230. The number of hydrogen-bond acceptors (Lipinski definition) is 5. The molecule has 0 saturated carbocycles. The Balaban J connectivity index is 1.83. The first-order valence-corrected chi connectivity index (χ1v) is 8.16. The number of aromatic nitrogens is 2. The van der Waals surface area contributed by atoms with E-state index in [1.54, 1.807) is 24.8 Å². The number of benzene rings is 1. The predicted molar refractivity (Wildman–Crippen MR) is 93.0 cm³/mol. The zero-order valence-corrected chi connectivity index (χ0v) is 14.7. The van der Waals surface area contributed by atoms with Crippen molar-refractivity contribution in [1.29, 1.82) is 0 Å². The van der Waals surface area contributed by atoms with Crippen molar-refractivity contribution in [2.24, 2.45) is 0 Å². The van der Waals surface area contributed by atoms with Crippen LogP contribution in [0.25, 0.3) is 0 Å². The highest BCUT2D eigenvalue weighted by atomic mass is 16.5. The molecule has 2 aromatic rings. The van der Waals surface area contributed by atoms with E-state index in [9.17, 15) is 9.59 Å². The van der Waals surface area contributed by atoms with E-state index in [0.29, 0.717) is 43.5 Å². The van der Waals surface area contributed by atoms with Crippen LogP contribution in [0.4, 0.5) is 10.5 Å². The van der Waals surface area contributed by atoms with Gasteiger partial charge in [0.25, 0.3) is 0 Å². The second kappa shape index (κ2) is 8.81. The zero-order chi connectivity index (χ0) is 18.2. The molecular weight excluding hydrogens is 322 g/mol. The molecule has 0 saturated heterocycles. The lowest BCUT2D eigenvalue weighted by atomic mass is 10.2. The number of nitrogens with zero attached hydrogens (tertiary/aromatic N) is 3. The van der Waals surface area contributed by atoms with Gasteiger partial charge in [0.05, 0.1) is 0 Å². The van der Waals surface area contributed by atoms with Gasteiger partial charge >= 0.3 is 6.03 Å². The quantitative estimate of drug-likeness (QED) is 0.800. The first-order valence-electron chi connectivity index (χ1n) is 8.16. The molecule has 2 rings (SSSR count). The molecule has 8 heteroatoms. The molecule has 0 radical (unpaired) electrons. The van der Waals surface area contributed by atoms with Crippen molar-refractivity contribution in [2.45, 2.75) is 33.7 Å². The summed E-state index contributed by atoms with van der Waals surface area (Å²) in [5.74, 6) is 1.08. The van der Waals surface area contributed by atoms with Crippen LogP contribution in [-0.2, 0) is 17.8 Å². The van der Waals surface area contributed by atoms with Crippen LogP contribution in [0.5, 0.6) is 0 Å². The summed E-state index contributed by atoms with van der Waals surface area (Å²) < 4.78 is 4.98. The van der Waals surface area contributed by atoms with E-state index in [1.807, 2.05) is 25.1 Å². The van der Waals surface area contributed by atoms with Crippen LogP contribution in [0.15, 0.2) is 28.8 Å². The minimum Gasteiger partial charge on any atom is -0.339 e. The van der Waals surface area contributed by atoms with Crippen LogP contribution >= 0.6 is 0 Å². The average Bonchev–Trinajstić information content (AvgIpc) is 2.98. The third kappa shape index (κ3) is 5.91. The maximum absolute atomic E-state index is 12.0. The van der Waals surface area contributed by atoms with Crippen molar-refractivity contribution >= 4 is 17.6 Å². The molecule has 1 aromatic carbocycles. The summed E-state index contributed by atoms with van der Waals surface area (Å²) in [6, 6.07) is 7.11. The SMILES string of the molecule is CCN(Cc1cccc(NC(=O)NCCc2nc(C)no2)c1)C(C)=O. The summed E-state index contributed by atoms with van der Waals surface area (Å²) in [5.41, 5.74) is 1.62. The van der Waals surface area contributed by atoms with E-state index >= 15 is 0 Å². The maximum Gasteiger partial charge on any atom is 0.319 e. The lowest BCUT2D eigenvalue weighted by Gasteiger charge is -2.19. The molecule has 0 bridgehead atoms. The molecule has 0 aliphatic heterocycles. The van der Waals surface area contributed by atoms with Crippen LogP contribution in [0, 0.1) is 6.92 Å². The Bertz CT molecular complexity index is 729. The Hall–Kier alpha value is -2.90. The number of aryl methyl sites for hydroxylation is 1. The van der Waals surface area contributed by atoms with Crippen LogP contribution in [0.1, 0.15) is 31.1 Å². The van der Waals surface area contributed by atoms with E-state index < -0.39 is 0 Å². The first kappa shape index (κ1) is 18.4. The van der Waals surface area contributed by atoms with Gasteiger partial charge in [-0.2, -0.15) is 4.98 Å². The monoisotopic (exact) mass is 345 g/mol. The molecule has 1 aromatic heterocycles. The largest absolute Gasteiger partial charge is 0.339 e. The fourth-order valence-corrected chi connectivity index (χ4v) is 2.31. The van der Waals surface area contributed by atoms with Crippen molar-refractivity contribution in [3.63, 3.8) is 0 Å². The molecule has 0 spiro atoms. The standard InChI is InChI=1S/C17H23N5O3/c1-4-22(13(3)23)11-14-6-5-7-15(10-14)20-17(24)18-9-8-16-19-12(2)21-25-16/h5-7,10H,4,8-9,11H2,1-3H3,(H2,18,20,24). The van der Waals surface area contributed by atoms with Crippen LogP contribution in [0.3, 0.4) is 0 Å². The summed E-state index contributed by atoms with van der Waals surface area (Å²) in [4.78, 5) is 29.3. The van der Waals surface area contributed by atoms with Gasteiger partial charge in [-0.1, -0.05) is 17.3 Å². The van der Waals surface area contributed by atoms with Gasteiger partial charge in [-0.25, -0.2) is 4.79 Å². The van der Waals surface area contributed by atoms with Crippen molar-refractivity contribution in [1.82, 2.24) is 20.4 Å². The lowest BCUT2D eigenvalue weighted by Crippen LogP contribution is -2.30. The first-order chi connectivity index (χ1) is 12.0. The number of carbonyl (C=O) groups is 2. The molecule has 2 N–H and O–H groups in total. The van der Waals surface area contributed by atoms with E-state index in [0.717, 1.165) is 5.56 Å². The highest BCUT2D eigenvalue weighted by Crippen LogP contribution is 2.13. The third-order valence-corrected chi connectivity index (χ3v) is 3.58. The number of amides is 3. The Morgan fingerprint density at radius 3 is 2.76 bits per heavy atom. The Kier molecular flexibility index (Phi) is 6.50. The van der Waals surface area contributed by atoms with Gasteiger partial charge in [-0.3, -0.25) is 4.79 Å². The smallest absolute Gasteiger partial charge is 0.319 e. The highest BCUT2D eigenvalue weighted by Gasteiger charge is 2.08. The topological polar surface area (TPSA) is 100 Å². The number of nitrogens with one attached hydrogen (secondary N) is 2. The normalized spacial score (nSPS) is 10.4. The Morgan fingerprint density at radius 2 is 2.12 bits per heavy atom. The van der Waals surface area contributed by atoms with Crippen molar-refractivity contribution in [3.8, 4) is 0 Å². The second-order valence-electron chi connectivity index (χ2n) is 5.60. The maximum atomic E-state index is 12.0. The van der Waals surface area contributed by atoms with Crippen LogP contribution < -0.4 is 10.6 Å². The summed E-state index contributed by atoms with van der Waals surface area (Å²) in [7, 11) is 0. The Labute approximate surface area is 146 Å². The second-order valence-corrected chi connectivity index (χ2v) is 5.60. The van der Waals surface area contributed by atoms with Gasteiger partial charge in [0.1, 0.15) is 0 Å². The van der Waals surface area contributed by atoms with Crippen LogP contribution in [-0.4, -0.2) is 40.1 Å². The predicted octanol–water partition coefficient (Wildman–Crippen LogP) is 2.11. The molecule has 3 amide bonds. The molecule has 0 aliphatic rings. The van der Waals surface area contributed by atoms with Gasteiger partial charge in [-0.05, 0) is 31.5 Å². The number of urea groups is 1. The van der Waals surface area contributed by atoms with E-state index in [1.165, 1.54) is 0 Å². The molecule has 0 unspecified atom stereocenters. The molecule has 0 fully saturated rings. The average molecular weight is 345 g/mol. The number of carbonyl (C=O) groups excluding carboxylic acids is 2. The molecular formula is C17H23N5O3. The minimum atomic E-state index is -0.313. The lowest BCUT2D eigenvalue weighted by molar-refractivity contribution is -0.129. The fraction of sp³-hybridized carbons (Fsp3) is 0.412. The van der Waals surface area contributed by atoms with Gasteiger partial charge in [0.2, 0.25) is 11.8 Å². The van der Waals surface area contributed by atoms with Gasteiger partial charge < -0.3 is 20.1 Å². The van der Waals surface area contributed by atoms with E-state index in [-0.39, 0.29) is 11.9 Å². The molecule has 25 heavy (non-hydrogen) atoms. The van der Waals surface area contributed by atoms with E-state index in [2.05, 4.69) is 20.8 Å². The summed E-state index contributed by atoms with van der Waals surface area (Å²) in [6.07, 6.45) is 0.471. The molecule has 1 heterocycles. The molecule has 8 nitrogen and oxygen atoms in total. The number of rotatable bonds is 7. The summed E-state index contributed by atoms with van der Waals surface area (Å²) >= 11 is 0. The van der Waals surface area contributed by atoms with Crippen LogP contribution in [0.2, 0.25) is 0 Å². The van der Waals surface area contributed by atoms with Crippen molar-refractivity contribution in [3.05, 3.63) is 41.5 Å². The van der Waals surface area contributed by atoms with E-state index in [4.69, 9.17) is 4.52 Å². The summed E-state index contributed by atoms with van der Waals surface area (Å²) in [5, 5.41) is 9.20. The van der Waals surface area contributed by atoms with Gasteiger partial charge in [-0.15, -0.1) is 0 Å². The summed E-state index contributed by atoms with van der Waals surface area (Å²) in [6.45, 7) is 6.76. The number of hydrogen-bond donors (Lipinski definition) is 2. The molecule has 0 atom stereocenters. The third-order valence-electron chi connectivity index (χ3n) is 3.58. The zero-order valence-electron chi connectivity index (χ0n) is 14.7. The fourth-order valence-electron chi connectivity index (χ4n) is 2.31. The van der Waals surface area contributed by atoms with Gasteiger partial charge in [0, 0.05) is 38.7 Å². The number of anilines is 1. The van der Waals surface area contributed by atoms with Gasteiger partial charge in [0.15, 0.2) is 5.82 Å². The molecule has 134 valence electrons. The van der Waals surface area contributed by atoms with Crippen molar-refractivity contribution < 1.29 is 14.1 Å². The Morgan fingerprint density at radius 1 is 1.32 bits per heavy atom. The molecule has 0 aliphatic carbocycles. The highest BCUT2D eigenvalue weighted by molar-refractivity contribution is 5.89.